The van der Waals surface area contributed by atoms with Crippen LogP contribution in [-0.2, 0) is 0 Å². The molecule has 84 valence electrons. The summed E-state index contributed by atoms with van der Waals surface area (Å²) < 4.78 is 0. The molecule has 0 aromatic heterocycles. The van der Waals surface area contributed by atoms with E-state index in [1.165, 1.54) is 6.07 Å². The highest BCUT2D eigenvalue weighted by molar-refractivity contribution is 6.32. The highest BCUT2D eigenvalue weighted by Gasteiger charge is 2.05. The topological polar surface area (TPSA) is 44.0 Å². The van der Waals surface area contributed by atoms with Crippen molar-refractivity contribution in [2.45, 2.75) is 0 Å². The molecule has 17 heavy (non-hydrogen) atoms. The third-order valence-electron chi connectivity index (χ3n) is 2.37. The van der Waals surface area contributed by atoms with Gasteiger partial charge in [0.1, 0.15) is 11.8 Å². The number of benzene rings is 2. The Morgan fingerprint density at radius 2 is 1.59 bits per heavy atom. The summed E-state index contributed by atoms with van der Waals surface area (Å²) in [6.45, 7) is 0. The standard InChI is InChI=1S/C13H7Cl2NO/c14-11-3-1-8(5-10(11)7-16)9-2-4-13(17)12(15)6-9/h1-6,17H. The minimum Gasteiger partial charge on any atom is -0.506 e. The zero-order valence-electron chi connectivity index (χ0n) is 8.61. The van der Waals surface area contributed by atoms with Crippen LogP contribution in [0.3, 0.4) is 0 Å². The molecule has 0 heterocycles. The van der Waals surface area contributed by atoms with Crippen LogP contribution < -0.4 is 0 Å². The van der Waals surface area contributed by atoms with Gasteiger partial charge in [-0.15, -0.1) is 0 Å². The van der Waals surface area contributed by atoms with Crippen LogP contribution in [0.2, 0.25) is 10.0 Å². The van der Waals surface area contributed by atoms with Crippen molar-refractivity contribution >= 4 is 23.2 Å². The molecule has 0 spiro atoms. The summed E-state index contributed by atoms with van der Waals surface area (Å²) in [6.07, 6.45) is 0. The van der Waals surface area contributed by atoms with Crippen LogP contribution in [0.25, 0.3) is 11.1 Å². The van der Waals surface area contributed by atoms with E-state index in [4.69, 9.17) is 28.5 Å². The summed E-state index contributed by atoms with van der Waals surface area (Å²) in [4.78, 5) is 0. The van der Waals surface area contributed by atoms with E-state index >= 15 is 0 Å². The van der Waals surface area contributed by atoms with Crippen LogP contribution in [0.5, 0.6) is 5.75 Å². The average Bonchev–Trinajstić information content (AvgIpc) is 2.33. The molecule has 0 radical (unpaired) electrons. The summed E-state index contributed by atoms with van der Waals surface area (Å²) in [6, 6.07) is 12.0. The molecule has 2 rings (SSSR count). The van der Waals surface area contributed by atoms with Crippen LogP contribution in [-0.4, -0.2) is 5.11 Å². The molecule has 0 unspecified atom stereocenters. The van der Waals surface area contributed by atoms with Gasteiger partial charge < -0.3 is 5.11 Å². The third kappa shape index (κ3) is 2.36. The van der Waals surface area contributed by atoms with Gasteiger partial charge in [-0.2, -0.15) is 5.26 Å². The Morgan fingerprint density at radius 1 is 0.941 bits per heavy atom. The van der Waals surface area contributed by atoms with Crippen LogP contribution in [0, 0.1) is 11.3 Å². The molecular weight excluding hydrogens is 257 g/mol. The molecule has 1 N–H and O–H groups in total. The first-order chi connectivity index (χ1) is 8.11. The Hall–Kier alpha value is -1.69. The van der Waals surface area contributed by atoms with Gasteiger partial charge in [0, 0.05) is 0 Å². The molecule has 4 heteroatoms. The number of halogens is 2. The Morgan fingerprint density at radius 3 is 2.24 bits per heavy atom. The Labute approximate surface area is 109 Å². The predicted octanol–water partition coefficient (Wildman–Crippen LogP) is 4.24. The van der Waals surface area contributed by atoms with Gasteiger partial charge in [-0.1, -0.05) is 35.3 Å². The van der Waals surface area contributed by atoms with Gasteiger partial charge in [0.05, 0.1) is 15.6 Å². The van der Waals surface area contributed by atoms with Crippen molar-refractivity contribution in [1.29, 1.82) is 5.26 Å². The summed E-state index contributed by atoms with van der Waals surface area (Å²) in [7, 11) is 0. The largest absolute Gasteiger partial charge is 0.506 e. The van der Waals surface area contributed by atoms with Gasteiger partial charge in [-0.3, -0.25) is 0 Å². The molecule has 0 amide bonds. The van der Waals surface area contributed by atoms with Gasteiger partial charge in [0.2, 0.25) is 0 Å². The SMILES string of the molecule is N#Cc1cc(-c2ccc(O)c(Cl)c2)ccc1Cl. The van der Waals surface area contributed by atoms with E-state index in [2.05, 4.69) is 0 Å². The molecule has 0 aliphatic heterocycles. The van der Waals surface area contributed by atoms with Crippen molar-refractivity contribution < 1.29 is 5.11 Å². The van der Waals surface area contributed by atoms with Gasteiger partial charge in [-0.25, -0.2) is 0 Å². The summed E-state index contributed by atoms with van der Waals surface area (Å²) >= 11 is 11.7. The number of hydrogen-bond donors (Lipinski definition) is 1. The zero-order valence-corrected chi connectivity index (χ0v) is 10.1. The maximum atomic E-state index is 9.33. The molecule has 0 atom stereocenters. The van der Waals surface area contributed by atoms with E-state index in [9.17, 15) is 5.11 Å². The van der Waals surface area contributed by atoms with Gasteiger partial charge in [-0.05, 0) is 35.4 Å². The maximum Gasteiger partial charge on any atom is 0.134 e. The Balaban J connectivity index is 2.54. The number of nitriles is 1. The average molecular weight is 264 g/mol. The van der Waals surface area contributed by atoms with Crippen molar-refractivity contribution in [3.05, 3.63) is 52.0 Å². The second-order valence-corrected chi connectivity index (χ2v) is 4.29. The lowest BCUT2D eigenvalue weighted by atomic mass is 10.0. The summed E-state index contributed by atoms with van der Waals surface area (Å²) in [5, 5.41) is 18.9. The molecule has 0 fully saturated rings. The molecule has 2 aromatic rings. The van der Waals surface area contributed by atoms with E-state index < -0.39 is 0 Å². The molecular formula is C13H7Cl2NO. The zero-order chi connectivity index (χ0) is 12.4. The fourth-order valence-electron chi connectivity index (χ4n) is 1.48. The van der Waals surface area contributed by atoms with Gasteiger partial charge in [0.15, 0.2) is 0 Å². The Kier molecular flexibility index (Phi) is 3.23. The highest BCUT2D eigenvalue weighted by Crippen LogP contribution is 2.30. The molecule has 2 aromatic carbocycles. The van der Waals surface area contributed by atoms with E-state index in [1.54, 1.807) is 30.3 Å². The van der Waals surface area contributed by atoms with E-state index in [1.807, 2.05) is 6.07 Å². The number of hydrogen-bond acceptors (Lipinski definition) is 2. The summed E-state index contributed by atoms with van der Waals surface area (Å²) in [5.41, 5.74) is 2.06. The quantitative estimate of drug-likeness (QED) is 0.837. The molecule has 0 saturated carbocycles. The number of rotatable bonds is 1. The molecule has 0 bridgehead atoms. The molecule has 0 aliphatic rings. The smallest absolute Gasteiger partial charge is 0.134 e. The van der Waals surface area contributed by atoms with E-state index in [0.29, 0.717) is 10.6 Å². The van der Waals surface area contributed by atoms with Crippen molar-refractivity contribution in [2.24, 2.45) is 0 Å². The fourth-order valence-corrected chi connectivity index (χ4v) is 1.82. The lowest BCUT2D eigenvalue weighted by molar-refractivity contribution is 0.475. The first-order valence-electron chi connectivity index (χ1n) is 4.80. The first-order valence-corrected chi connectivity index (χ1v) is 5.56. The minimum atomic E-state index is 0.0323. The molecule has 0 aliphatic carbocycles. The minimum absolute atomic E-state index is 0.0323. The molecule has 0 saturated heterocycles. The van der Waals surface area contributed by atoms with Crippen molar-refractivity contribution in [2.75, 3.05) is 0 Å². The summed E-state index contributed by atoms with van der Waals surface area (Å²) in [5.74, 6) is 0.0323. The maximum absolute atomic E-state index is 9.33. The van der Waals surface area contributed by atoms with Crippen LogP contribution in [0.1, 0.15) is 5.56 Å². The van der Waals surface area contributed by atoms with Crippen molar-refractivity contribution in [3.63, 3.8) is 0 Å². The van der Waals surface area contributed by atoms with Crippen LogP contribution in [0.4, 0.5) is 0 Å². The number of nitrogens with zero attached hydrogens (tertiary/aromatic N) is 1. The lowest BCUT2D eigenvalue weighted by Gasteiger charge is -2.05. The number of aromatic hydroxyl groups is 1. The molecule has 2 nitrogen and oxygen atoms in total. The third-order valence-corrected chi connectivity index (χ3v) is 3.00. The van der Waals surface area contributed by atoms with E-state index in [-0.39, 0.29) is 10.8 Å². The predicted molar refractivity (Wildman–Crippen MR) is 68.3 cm³/mol. The van der Waals surface area contributed by atoms with Crippen LogP contribution >= 0.6 is 23.2 Å². The lowest BCUT2D eigenvalue weighted by Crippen LogP contribution is -1.82. The Bertz CT molecular complexity index is 617. The van der Waals surface area contributed by atoms with Gasteiger partial charge in [0.25, 0.3) is 0 Å². The second kappa shape index (κ2) is 4.67. The first kappa shape index (κ1) is 11.8. The second-order valence-electron chi connectivity index (χ2n) is 3.47. The fraction of sp³-hybridized carbons (Fsp3) is 0. The number of phenolic OH excluding ortho intramolecular Hbond substituents is 1. The van der Waals surface area contributed by atoms with Gasteiger partial charge >= 0.3 is 0 Å². The van der Waals surface area contributed by atoms with Crippen LogP contribution in [0.15, 0.2) is 36.4 Å². The monoisotopic (exact) mass is 263 g/mol. The van der Waals surface area contributed by atoms with E-state index in [0.717, 1.165) is 11.1 Å². The van der Waals surface area contributed by atoms with Crippen molar-refractivity contribution in [1.82, 2.24) is 0 Å². The normalized spacial score (nSPS) is 9.94. The van der Waals surface area contributed by atoms with Crippen molar-refractivity contribution in [3.8, 4) is 22.9 Å². The highest BCUT2D eigenvalue weighted by atomic mass is 35.5. The number of phenols is 1.